The molecule has 4 aromatic rings. The Morgan fingerprint density at radius 2 is 1.58 bits per heavy atom. The minimum absolute atomic E-state index is 0.00482. The van der Waals surface area contributed by atoms with E-state index in [-0.39, 0.29) is 11.3 Å². The van der Waals surface area contributed by atoms with Gasteiger partial charge < -0.3 is 13.9 Å². The monoisotopic (exact) mass is 416 g/mol. The first kappa shape index (κ1) is 20.2. The van der Waals surface area contributed by atoms with E-state index in [1.807, 2.05) is 61.5 Å². The number of carbonyl (C=O) groups is 2. The summed E-state index contributed by atoms with van der Waals surface area (Å²) < 4.78 is 17.1. The number of methoxy groups -OCH3 is 2. The van der Waals surface area contributed by atoms with Crippen molar-refractivity contribution in [1.29, 1.82) is 0 Å². The minimum Gasteiger partial charge on any atom is -0.465 e. The number of nitrogens with zero attached hydrogens (tertiary/aromatic N) is 2. The lowest BCUT2D eigenvalue weighted by Crippen LogP contribution is -2.15. The van der Waals surface area contributed by atoms with Crippen LogP contribution in [0.4, 0.5) is 0 Å². The molecule has 7 heteroatoms. The first-order valence-corrected chi connectivity index (χ1v) is 9.55. The Bertz CT molecular complexity index is 1250. The summed E-state index contributed by atoms with van der Waals surface area (Å²) >= 11 is 0. The van der Waals surface area contributed by atoms with Crippen molar-refractivity contribution < 1.29 is 23.5 Å². The molecule has 0 atom stereocenters. The van der Waals surface area contributed by atoms with E-state index in [1.54, 1.807) is 12.1 Å². The molecule has 0 aliphatic rings. The summed E-state index contributed by atoms with van der Waals surface area (Å²) in [4.78, 5) is 25.4. The smallest absolute Gasteiger partial charge is 0.357 e. The number of furan rings is 1. The molecular formula is C24H20N2O5. The second kappa shape index (κ2) is 8.31. The Kier molecular flexibility index (Phi) is 5.41. The van der Waals surface area contributed by atoms with Crippen LogP contribution in [0.3, 0.4) is 0 Å². The molecule has 0 radical (unpaired) electrons. The number of carbonyl (C=O) groups excluding carboxylic acids is 2. The van der Waals surface area contributed by atoms with Crippen LogP contribution >= 0.6 is 0 Å². The highest BCUT2D eigenvalue weighted by Crippen LogP contribution is 2.32. The van der Waals surface area contributed by atoms with Gasteiger partial charge in [0.1, 0.15) is 22.8 Å². The highest BCUT2D eigenvalue weighted by Gasteiger charge is 2.31. The van der Waals surface area contributed by atoms with Crippen LogP contribution in [-0.4, -0.2) is 35.9 Å². The van der Waals surface area contributed by atoms with Crippen molar-refractivity contribution in [2.75, 3.05) is 14.2 Å². The van der Waals surface area contributed by atoms with Gasteiger partial charge in [0.2, 0.25) is 0 Å². The van der Waals surface area contributed by atoms with E-state index in [0.29, 0.717) is 22.7 Å². The van der Waals surface area contributed by atoms with Gasteiger partial charge in [0, 0.05) is 11.1 Å². The molecule has 0 saturated heterocycles. The molecule has 0 fully saturated rings. The number of hydrogen-bond acceptors (Lipinski definition) is 6. The van der Waals surface area contributed by atoms with Crippen LogP contribution in [0.1, 0.15) is 26.6 Å². The fraction of sp³-hybridized carbons (Fsp3) is 0.125. The highest BCUT2D eigenvalue weighted by molar-refractivity contribution is 6.07. The molecule has 0 aliphatic carbocycles. The lowest BCUT2D eigenvalue weighted by molar-refractivity contribution is 0.0549. The number of esters is 2. The predicted molar refractivity (Wildman–Crippen MR) is 114 cm³/mol. The van der Waals surface area contributed by atoms with Crippen molar-refractivity contribution in [2.45, 2.75) is 6.92 Å². The van der Waals surface area contributed by atoms with Gasteiger partial charge in [0.15, 0.2) is 5.69 Å². The Balaban J connectivity index is 1.97. The van der Waals surface area contributed by atoms with Crippen LogP contribution < -0.4 is 0 Å². The van der Waals surface area contributed by atoms with Crippen molar-refractivity contribution in [3.8, 4) is 28.3 Å². The SMILES string of the molecule is COC(=O)c1c(-c2cccc(-c3ccc(C)o3)c2)nn(-c2ccccc2)c1C(=O)OC. The van der Waals surface area contributed by atoms with Gasteiger partial charge in [-0.15, -0.1) is 0 Å². The molecule has 2 aromatic heterocycles. The third-order valence-corrected chi connectivity index (χ3v) is 4.82. The molecule has 2 heterocycles. The molecule has 0 aliphatic heterocycles. The number of rotatable bonds is 5. The normalized spacial score (nSPS) is 10.7. The Hall–Kier alpha value is -4.13. The van der Waals surface area contributed by atoms with E-state index in [2.05, 4.69) is 5.10 Å². The molecule has 0 unspecified atom stereocenters. The molecule has 0 amide bonds. The number of aromatic nitrogens is 2. The molecule has 0 bridgehead atoms. The number of ether oxygens (including phenoxy) is 2. The Morgan fingerprint density at radius 3 is 2.23 bits per heavy atom. The van der Waals surface area contributed by atoms with Crippen molar-refractivity contribution in [3.63, 3.8) is 0 Å². The second-order valence-electron chi connectivity index (χ2n) is 6.79. The van der Waals surface area contributed by atoms with Gasteiger partial charge in [0.05, 0.1) is 19.9 Å². The Labute approximate surface area is 178 Å². The van der Waals surface area contributed by atoms with Gasteiger partial charge in [-0.3, -0.25) is 0 Å². The molecule has 0 saturated carbocycles. The lowest BCUT2D eigenvalue weighted by atomic mass is 10.0. The van der Waals surface area contributed by atoms with Crippen molar-refractivity contribution in [1.82, 2.24) is 9.78 Å². The van der Waals surface area contributed by atoms with Crippen LogP contribution in [0.15, 0.2) is 71.1 Å². The second-order valence-corrected chi connectivity index (χ2v) is 6.79. The maximum absolute atomic E-state index is 12.7. The van der Waals surface area contributed by atoms with Gasteiger partial charge in [0.25, 0.3) is 0 Å². The van der Waals surface area contributed by atoms with Crippen LogP contribution in [0, 0.1) is 6.92 Å². The van der Waals surface area contributed by atoms with Gasteiger partial charge in [-0.2, -0.15) is 5.10 Å². The largest absolute Gasteiger partial charge is 0.465 e. The fourth-order valence-corrected chi connectivity index (χ4v) is 3.37. The zero-order chi connectivity index (χ0) is 22.0. The van der Waals surface area contributed by atoms with Crippen molar-refractivity contribution in [3.05, 3.63) is 83.7 Å². The van der Waals surface area contributed by atoms with Gasteiger partial charge in [-0.25, -0.2) is 14.3 Å². The summed E-state index contributed by atoms with van der Waals surface area (Å²) in [5.41, 5.74) is 2.39. The summed E-state index contributed by atoms with van der Waals surface area (Å²) in [6.45, 7) is 1.87. The zero-order valence-electron chi connectivity index (χ0n) is 17.3. The van der Waals surface area contributed by atoms with E-state index in [0.717, 1.165) is 11.3 Å². The molecule has 7 nitrogen and oxygen atoms in total. The third kappa shape index (κ3) is 3.73. The maximum Gasteiger partial charge on any atom is 0.357 e. The van der Waals surface area contributed by atoms with E-state index in [9.17, 15) is 9.59 Å². The summed E-state index contributed by atoms with van der Waals surface area (Å²) in [7, 11) is 2.51. The molecule has 156 valence electrons. The van der Waals surface area contributed by atoms with Gasteiger partial charge >= 0.3 is 11.9 Å². The average Bonchev–Trinajstić information content (AvgIpc) is 3.43. The number of para-hydroxylation sites is 1. The summed E-state index contributed by atoms with van der Waals surface area (Å²) in [6.07, 6.45) is 0. The minimum atomic E-state index is -0.694. The van der Waals surface area contributed by atoms with E-state index in [4.69, 9.17) is 13.9 Å². The Morgan fingerprint density at radius 1 is 0.871 bits per heavy atom. The van der Waals surface area contributed by atoms with Gasteiger partial charge in [-0.1, -0.05) is 36.4 Å². The number of benzene rings is 2. The molecular weight excluding hydrogens is 396 g/mol. The summed E-state index contributed by atoms with van der Waals surface area (Å²) in [6, 6.07) is 20.2. The molecule has 31 heavy (non-hydrogen) atoms. The topological polar surface area (TPSA) is 83.6 Å². The third-order valence-electron chi connectivity index (χ3n) is 4.82. The van der Waals surface area contributed by atoms with Crippen molar-refractivity contribution >= 4 is 11.9 Å². The van der Waals surface area contributed by atoms with Crippen LogP contribution in [0.25, 0.3) is 28.3 Å². The predicted octanol–water partition coefficient (Wildman–Crippen LogP) is 4.68. The number of hydrogen-bond donors (Lipinski definition) is 0. The molecule has 4 rings (SSSR count). The number of aryl methyl sites for hydroxylation is 1. The first-order chi connectivity index (χ1) is 15.0. The fourth-order valence-electron chi connectivity index (χ4n) is 3.37. The van der Waals surface area contributed by atoms with E-state index >= 15 is 0 Å². The summed E-state index contributed by atoms with van der Waals surface area (Å²) in [5.74, 6) is 0.101. The molecule has 0 spiro atoms. The standard InChI is InChI=1S/C24H20N2O5/c1-15-12-13-19(31-15)16-8-7-9-17(14-16)21-20(23(27)29-2)22(24(28)30-3)26(25-21)18-10-5-4-6-11-18/h4-14H,1-3H3. The van der Waals surface area contributed by atoms with Gasteiger partial charge in [-0.05, 0) is 37.3 Å². The lowest BCUT2D eigenvalue weighted by Gasteiger charge is -2.07. The van der Waals surface area contributed by atoms with Crippen LogP contribution in [-0.2, 0) is 9.47 Å². The summed E-state index contributed by atoms with van der Waals surface area (Å²) in [5, 5.41) is 4.61. The van der Waals surface area contributed by atoms with Crippen molar-refractivity contribution in [2.24, 2.45) is 0 Å². The van der Waals surface area contributed by atoms with Crippen LogP contribution in [0.2, 0.25) is 0 Å². The van der Waals surface area contributed by atoms with Crippen LogP contribution in [0.5, 0.6) is 0 Å². The first-order valence-electron chi connectivity index (χ1n) is 9.55. The van der Waals surface area contributed by atoms with E-state index < -0.39 is 11.9 Å². The molecule has 0 N–H and O–H groups in total. The average molecular weight is 416 g/mol. The quantitative estimate of drug-likeness (QED) is 0.439. The molecule has 2 aromatic carbocycles. The van der Waals surface area contributed by atoms with E-state index in [1.165, 1.54) is 18.9 Å². The zero-order valence-corrected chi connectivity index (χ0v) is 17.3. The highest BCUT2D eigenvalue weighted by atomic mass is 16.5. The maximum atomic E-state index is 12.7.